The lowest BCUT2D eigenvalue weighted by molar-refractivity contribution is -0.0462. The first-order chi connectivity index (χ1) is 12.8. The van der Waals surface area contributed by atoms with Gasteiger partial charge in [-0.05, 0) is 74.9 Å². The van der Waals surface area contributed by atoms with Gasteiger partial charge in [0.25, 0.3) is 0 Å². The van der Waals surface area contributed by atoms with Gasteiger partial charge in [0.15, 0.2) is 0 Å². The Labute approximate surface area is 162 Å². The summed E-state index contributed by atoms with van der Waals surface area (Å²) >= 11 is 0. The van der Waals surface area contributed by atoms with E-state index in [1.54, 1.807) is 6.07 Å². The molecule has 2 N–H and O–H groups in total. The minimum Gasteiger partial charge on any atom is -0.389 e. The van der Waals surface area contributed by atoms with E-state index in [0.29, 0.717) is 24.9 Å². The lowest BCUT2D eigenvalue weighted by Gasteiger charge is -2.43. The third-order valence-electron chi connectivity index (χ3n) is 6.64. The summed E-state index contributed by atoms with van der Waals surface area (Å²) in [5.41, 5.74) is 7.26. The molecule has 0 aliphatic heterocycles. The van der Waals surface area contributed by atoms with Gasteiger partial charge >= 0.3 is 0 Å². The number of benzene rings is 1. The standard InChI is InChI=1S/C24H30FNO/c1-5-7-19-15-23(3)20(14-17(19)2)11-13-24(23,27)12-10-18-8-6-9-22(25)21(18)16-26-4/h6-9,14,26-27H,1,10-13,15-16H2,2-4H3. The molecule has 1 aromatic carbocycles. The molecule has 2 nitrogen and oxygen atoms in total. The molecule has 2 aliphatic rings. The minimum atomic E-state index is -0.789. The Bertz CT molecular complexity index is 846. The van der Waals surface area contributed by atoms with E-state index >= 15 is 0 Å². The zero-order chi connectivity index (χ0) is 19.7. The van der Waals surface area contributed by atoms with Crippen LogP contribution in [0, 0.1) is 11.2 Å². The van der Waals surface area contributed by atoms with Gasteiger partial charge in [-0.3, -0.25) is 0 Å². The van der Waals surface area contributed by atoms with E-state index in [9.17, 15) is 9.50 Å². The van der Waals surface area contributed by atoms with Crippen LogP contribution < -0.4 is 5.32 Å². The van der Waals surface area contributed by atoms with Crippen LogP contribution in [0.25, 0.3) is 0 Å². The Morgan fingerprint density at radius 2 is 2.19 bits per heavy atom. The molecule has 27 heavy (non-hydrogen) atoms. The summed E-state index contributed by atoms with van der Waals surface area (Å²) in [7, 11) is 1.82. The van der Waals surface area contributed by atoms with Crippen LogP contribution in [0.3, 0.4) is 0 Å². The van der Waals surface area contributed by atoms with E-state index in [4.69, 9.17) is 0 Å². The van der Waals surface area contributed by atoms with Crippen LogP contribution in [0.2, 0.25) is 0 Å². The SMILES string of the molecule is C=C=CC1=C(C)C=C2CCC(O)(CCc3cccc(F)c3CNC)C2(C)C1. The second-order valence-corrected chi connectivity index (χ2v) is 8.17. The second kappa shape index (κ2) is 7.59. The fourth-order valence-corrected chi connectivity index (χ4v) is 4.82. The summed E-state index contributed by atoms with van der Waals surface area (Å²) in [5, 5.41) is 14.7. The molecule has 0 aromatic heterocycles. The molecule has 3 heteroatoms. The molecule has 0 amide bonds. The molecule has 0 radical (unpaired) electrons. The number of rotatable bonds is 6. The van der Waals surface area contributed by atoms with Crippen LogP contribution in [0.5, 0.6) is 0 Å². The number of hydrogen-bond donors (Lipinski definition) is 2. The molecule has 2 atom stereocenters. The smallest absolute Gasteiger partial charge is 0.127 e. The second-order valence-electron chi connectivity index (χ2n) is 8.17. The maximum Gasteiger partial charge on any atom is 0.127 e. The number of aryl methyl sites for hydroxylation is 1. The molecule has 1 aromatic rings. The lowest BCUT2D eigenvalue weighted by atomic mass is 9.65. The average Bonchev–Trinajstić information content (AvgIpc) is 2.88. The van der Waals surface area contributed by atoms with Gasteiger partial charge in [0.1, 0.15) is 5.82 Å². The first kappa shape index (κ1) is 19.8. The van der Waals surface area contributed by atoms with Crippen molar-refractivity contribution in [2.75, 3.05) is 7.05 Å². The number of fused-ring (bicyclic) bond motifs is 1. The quantitative estimate of drug-likeness (QED) is 0.694. The fraction of sp³-hybridized carbons (Fsp3) is 0.458. The van der Waals surface area contributed by atoms with Gasteiger partial charge < -0.3 is 10.4 Å². The summed E-state index contributed by atoms with van der Waals surface area (Å²) in [6, 6.07) is 5.24. The van der Waals surface area contributed by atoms with E-state index in [0.717, 1.165) is 24.8 Å². The molecular weight excluding hydrogens is 337 g/mol. The zero-order valence-electron chi connectivity index (χ0n) is 16.7. The molecule has 0 heterocycles. The van der Waals surface area contributed by atoms with Crippen molar-refractivity contribution >= 4 is 0 Å². The first-order valence-corrected chi connectivity index (χ1v) is 9.74. The normalized spacial score (nSPS) is 27.2. The van der Waals surface area contributed by atoms with Crippen molar-refractivity contribution in [3.05, 3.63) is 76.3 Å². The predicted octanol–water partition coefficient (Wildman–Crippen LogP) is 5.00. The van der Waals surface area contributed by atoms with Gasteiger partial charge in [0.05, 0.1) is 5.60 Å². The van der Waals surface area contributed by atoms with Gasteiger partial charge in [-0.25, -0.2) is 4.39 Å². The highest BCUT2D eigenvalue weighted by Crippen LogP contribution is 2.57. The van der Waals surface area contributed by atoms with Crippen LogP contribution in [-0.2, 0) is 13.0 Å². The molecule has 2 unspecified atom stereocenters. The van der Waals surface area contributed by atoms with Gasteiger partial charge in [-0.1, -0.05) is 37.3 Å². The number of aliphatic hydroxyl groups is 1. The Kier molecular flexibility index (Phi) is 5.58. The lowest BCUT2D eigenvalue weighted by Crippen LogP contribution is -2.44. The molecule has 0 spiro atoms. The molecule has 144 valence electrons. The third kappa shape index (κ3) is 3.48. The van der Waals surface area contributed by atoms with Crippen LogP contribution in [0.1, 0.15) is 50.7 Å². The number of allylic oxidation sites excluding steroid dienone is 4. The summed E-state index contributed by atoms with van der Waals surface area (Å²) in [4.78, 5) is 0. The highest BCUT2D eigenvalue weighted by molar-refractivity contribution is 5.45. The Balaban J connectivity index is 1.86. The Hall–Kier alpha value is -1.93. The van der Waals surface area contributed by atoms with Crippen LogP contribution in [0.4, 0.5) is 4.39 Å². The van der Waals surface area contributed by atoms with Gasteiger partial charge in [-0.15, -0.1) is 5.73 Å². The van der Waals surface area contributed by atoms with E-state index in [2.05, 4.69) is 37.6 Å². The molecular formula is C24H30FNO. The van der Waals surface area contributed by atoms with Crippen molar-refractivity contribution in [1.29, 1.82) is 0 Å². The van der Waals surface area contributed by atoms with E-state index < -0.39 is 5.60 Å². The Morgan fingerprint density at radius 1 is 1.41 bits per heavy atom. The van der Waals surface area contributed by atoms with Crippen molar-refractivity contribution < 1.29 is 9.50 Å². The van der Waals surface area contributed by atoms with Crippen LogP contribution in [0.15, 0.2) is 59.4 Å². The third-order valence-corrected chi connectivity index (χ3v) is 6.64. The highest BCUT2D eigenvalue weighted by Gasteiger charge is 2.54. The maximum atomic E-state index is 14.2. The zero-order valence-corrected chi connectivity index (χ0v) is 16.7. The largest absolute Gasteiger partial charge is 0.389 e. The maximum absolute atomic E-state index is 14.2. The molecule has 2 aliphatic carbocycles. The molecule has 0 bridgehead atoms. The predicted molar refractivity (Wildman–Crippen MR) is 109 cm³/mol. The van der Waals surface area contributed by atoms with E-state index in [-0.39, 0.29) is 11.2 Å². The van der Waals surface area contributed by atoms with Crippen molar-refractivity contribution in [1.82, 2.24) is 5.32 Å². The van der Waals surface area contributed by atoms with Crippen LogP contribution >= 0.6 is 0 Å². The molecule has 3 rings (SSSR count). The minimum absolute atomic E-state index is 0.179. The average molecular weight is 368 g/mol. The molecule has 1 fully saturated rings. The van der Waals surface area contributed by atoms with Gasteiger partial charge in [-0.2, -0.15) is 0 Å². The van der Waals surface area contributed by atoms with Crippen molar-refractivity contribution in [3.63, 3.8) is 0 Å². The number of nitrogens with one attached hydrogen (secondary N) is 1. The number of halogens is 1. The summed E-state index contributed by atoms with van der Waals surface area (Å²) < 4.78 is 14.2. The summed E-state index contributed by atoms with van der Waals surface area (Å²) in [6.45, 7) is 8.50. The van der Waals surface area contributed by atoms with E-state index in [1.165, 1.54) is 22.8 Å². The van der Waals surface area contributed by atoms with Crippen LogP contribution in [-0.4, -0.2) is 17.8 Å². The van der Waals surface area contributed by atoms with Crippen molar-refractivity contribution in [2.24, 2.45) is 5.41 Å². The number of hydrogen-bond acceptors (Lipinski definition) is 2. The fourth-order valence-electron chi connectivity index (χ4n) is 4.82. The van der Waals surface area contributed by atoms with Gasteiger partial charge in [0.2, 0.25) is 0 Å². The highest BCUT2D eigenvalue weighted by atomic mass is 19.1. The Morgan fingerprint density at radius 3 is 2.89 bits per heavy atom. The monoisotopic (exact) mass is 367 g/mol. The van der Waals surface area contributed by atoms with Crippen molar-refractivity contribution in [2.45, 2.75) is 58.1 Å². The van der Waals surface area contributed by atoms with E-state index in [1.807, 2.05) is 19.2 Å². The summed E-state index contributed by atoms with van der Waals surface area (Å²) in [5.74, 6) is -0.179. The molecule has 0 saturated heterocycles. The first-order valence-electron chi connectivity index (χ1n) is 9.74. The summed E-state index contributed by atoms with van der Waals surface area (Å²) in [6.07, 6.45) is 7.95. The van der Waals surface area contributed by atoms with Crippen molar-refractivity contribution in [3.8, 4) is 0 Å². The topological polar surface area (TPSA) is 32.3 Å². The van der Waals surface area contributed by atoms with Gasteiger partial charge in [0, 0.05) is 17.5 Å². The molecule has 1 saturated carbocycles.